The molecular weight excluding hydrogens is 196 g/mol. The lowest BCUT2D eigenvalue weighted by molar-refractivity contribution is 1.07. The number of benzene rings is 1. The summed E-state index contributed by atoms with van der Waals surface area (Å²) in [4.78, 5) is 0. The van der Waals surface area contributed by atoms with Crippen molar-refractivity contribution in [2.75, 3.05) is 0 Å². The SMILES string of the molecule is CC1=Cc2c(C)ccc(C)c2C1[SiH](C)C. The van der Waals surface area contributed by atoms with Crippen molar-refractivity contribution in [3.05, 3.63) is 40.0 Å². The maximum absolute atomic E-state index is 2.46. The maximum atomic E-state index is 2.46. The van der Waals surface area contributed by atoms with Crippen LogP contribution in [0.2, 0.25) is 13.1 Å². The Hall–Kier alpha value is -0.823. The zero-order valence-electron chi connectivity index (χ0n) is 10.4. The van der Waals surface area contributed by atoms with Crippen LogP contribution in [-0.2, 0) is 0 Å². The van der Waals surface area contributed by atoms with Gasteiger partial charge in [-0.15, -0.1) is 0 Å². The monoisotopic (exact) mass is 216 g/mol. The highest BCUT2D eigenvalue weighted by Crippen LogP contribution is 2.40. The third kappa shape index (κ3) is 1.59. The smallest absolute Gasteiger partial charge is 0.0439 e. The second-order valence-electron chi connectivity index (χ2n) is 5.14. The molecule has 0 fully saturated rings. The summed E-state index contributed by atoms with van der Waals surface area (Å²) in [7, 11) is -0.635. The second kappa shape index (κ2) is 3.64. The number of fused-ring (bicyclic) bond motifs is 1. The van der Waals surface area contributed by atoms with Gasteiger partial charge in [-0.3, -0.25) is 0 Å². The minimum absolute atomic E-state index is 0.635. The molecule has 0 amide bonds. The zero-order chi connectivity index (χ0) is 11.2. The van der Waals surface area contributed by atoms with Crippen LogP contribution in [0.4, 0.5) is 0 Å². The first-order valence-corrected chi connectivity index (χ1v) is 8.78. The van der Waals surface area contributed by atoms with E-state index in [1.807, 2.05) is 0 Å². The molecule has 1 heteroatoms. The van der Waals surface area contributed by atoms with Crippen LogP contribution >= 0.6 is 0 Å². The van der Waals surface area contributed by atoms with E-state index in [2.05, 4.69) is 52.1 Å². The Balaban J connectivity index is 2.64. The summed E-state index contributed by atoms with van der Waals surface area (Å²) in [5, 5.41) is 0. The normalized spacial score (nSPS) is 19.3. The van der Waals surface area contributed by atoms with E-state index in [1.165, 1.54) is 16.7 Å². The van der Waals surface area contributed by atoms with E-state index in [9.17, 15) is 0 Å². The summed E-state index contributed by atoms with van der Waals surface area (Å²) in [6.07, 6.45) is 2.41. The van der Waals surface area contributed by atoms with Gasteiger partial charge in [0.1, 0.15) is 0 Å². The highest BCUT2D eigenvalue weighted by atomic mass is 28.3. The molecule has 0 bridgehead atoms. The Morgan fingerprint density at radius 2 is 1.60 bits per heavy atom. The van der Waals surface area contributed by atoms with Gasteiger partial charge < -0.3 is 0 Å². The largest absolute Gasteiger partial charge is 0.0714 e. The van der Waals surface area contributed by atoms with Crippen LogP contribution in [0.3, 0.4) is 0 Å². The molecule has 15 heavy (non-hydrogen) atoms. The molecule has 0 saturated heterocycles. The Labute approximate surface area is 94.6 Å². The van der Waals surface area contributed by atoms with Crippen molar-refractivity contribution in [2.45, 2.75) is 39.4 Å². The van der Waals surface area contributed by atoms with E-state index < -0.39 is 8.80 Å². The predicted octanol–water partition coefficient (Wildman–Crippen LogP) is 3.83. The first kappa shape index (κ1) is 10.7. The van der Waals surface area contributed by atoms with Crippen LogP contribution in [0, 0.1) is 13.8 Å². The van der Waals surface area contributed by atoms with E-state index in [4.69, 9.17) is 0 Å². The van der Waals surface area contributed by atoms with Gasteiger partial charge in [0.15, 0.2) is 0 Å². The Kier molecular flexibility index (Phi) is 2.59. The Morgan fingerprint density at radius 3 is 2.20 bits per heavy atom. The minimum atomic E-state index is -0.635. The molecule has 0 aromatic heterocycles. The Morgan fingerprint density at radius 1 is 1.00 bits per heavy atom. The molecule has 0 radical (unpaired) electrons. The number of hydrogen-bond acceptors (Lipinski definition) is 0. The standard InChI is InChI=1S/C14H20Si/c1-9-6-7-10(2)13-12(9)8-11(3)14(13)15(4)5/h6-8,14-15H,1-5H3. The van der Waals surface area contributed by atoms with Crippen molar-refractivity contribution < 1.29 is 0 Å². The average molecular weight is 216 g/mol. The summed E-state index contributed by atoms with van der Waals surface area (Å²) in [5.41, 5.74) is 8.43. The van der Waals surface area contributed by atoms with E-state index >= 15 is 0 Å². The molecule has 0 nitrogen and oxygen atoms in total. The summed E-state index contributed by atoms with van der Waals surface area (Å²) >= 11 is 0. The fraction of sp³-hybridized carbons (Fsp3) is 0.429. The van der Waals surface area contributed by atoms with Crippen molar-refractivity contribution in [1.29, 1.82) is 0 Å². The van der Waals surface area contributed by atoms with Gasteiger partial charge in [-0.25, -0.2) is 0 Å². The van der Waals surface area contributed by atoms with Crippen molar-refractivity contribution in [2.24, 2.45) is 0 Å². The minimum Gasteiger partial charge on any atom is -0.0714 e. The lowest BCUT2D eigenvalue weighted by Crippen LogP contribution is -2.16. The fourth-order valence-corrected chi connectivity index (χ4v) is 5.12. The summed E-state index contributed by atoms with van der Waals surface area (Å²) in [6, 6.07) is 4.53. The van der Waals surface area contributed by atoms with Gasteiger partial charge in [-0.1, -0.05) is 36.9 Å². The Bertz CT molecular complexity index is 427. The molecule has 2 rings (SSSR count). The molecule has 1 aliphatic carbocycles. The molecule has 1 unspecified atom stereocenters. The zero-order valence-corrected chi connectivity index (χ0v) is 11.5. The van der Waals surface area contributed by atoms with Gasteiger partial charge in [-0.2, -0.15) is 0 Å². The molecule has 0 heterocycles. The molecule has 1 aromatic carbocycles. The maximum Gasteiger partial charge on any atom is 0.0439 e. The van der Waals surface area contributed by atoms with Gasteiger partial charge >= 0.3 is 0 Å². The number of hydrogen-bond donors (Lipinski definition) is 0. The van der Waals surface area contributed by atoms with Gasteiger partial charge in [0.2, 0.25) is 0 Å². The number of allylic oxidation sites excluding steroid dienone is 1. The second-order valence-corrected chi connectivity index (χ2v) is 8.29. The molecule has 0 aliphatic heterocycles. The van der Waals surface area contributed by atoms with Crippen LogP contribution < -0.4 is 0 Å². The van der Waals surface area contributed by atoms with Gasteiger partial charge in [0, 0.05) is 8.80 Å². The van der Waals surface area contributed by atoms with Crippen molar-refractivity contribution in [1.82, 2.24) is 0 Å². The molecule has 0 spiro atoms. The van der Waals surface area contributed by atoms with Gasteiger partial charge in [0.25, 0.3) is 0 Å². The predicted molar refractivity (Wildman–Crippen MR) is 71.2 cm³/mol. The van der Waals surface area contributed by atoms with Crippen LogP contribution in [0.25, 0.3) is 6.08 Å². The number of aryl methyl sites for hydroxylation is 2. The van der Waals surface area contributed by atoms with Crippen LogP contribution in [0.5, 0.6) is 0 Å². The third-order valence-electron chi connectivity index (χ3n) is 3.56. The summed E-state index contributed by atoms with van der Waals surface area (Å²) in [6.45, 7) is 11.7. The molecule has 1 aliphatic rings. The topological polar surface area (TPSA) is 0 Å². The number of rotatable bonds is 1. The highest BCUT2D eigenvalue weighted by molar-refractivity contribution is 6.58. The molecular formula is C14H20Si. The van der Waals surface area contributed by atoms with E-state index in [0.717, 1.165) is 5.54 Å². The van der Waals surface area contributed by atoms with Gasteiger partial charge in [0.05, 0.1) is 0 Å². The van der Waals surface area contributed by atoms with Crippen LogP contribution in [0.15, 0.2) is 17.7 Å². The first-order valence-electron chi connectivity index (χ1n) is 5.80. The molecule has 0 N–H and O–H groups in total. The molecule has 0 saturated carbocycles. The summed E-state index contributed by atoms with van der Waals surface area (Å²) in [5.74, 6) is 0. The molecule has 1 atom stereocenters. The van der Waals surface area contributed by atoms with E-state index in [1.54, 1.807) is 11.1 Å². The lowest BCUT2D eigenvalue weighted by Gasteiger charge is -2.20. The average Bonchev–Trinajstić information content (AvgIpc) is 2.50. The van der Waals surface area contributed by atoms with Crippen LogP contribution in [-0.4, -0.2) is 8.80 Å². The third-order valence-corrected chi connectivity index (χ3v) is 5.76. The van der Waals surface area contributed by atoms with Crippen LogP contribution in [0.1, 0.15) is 34.7 Å². The van der Waals surface area contributed by atoms with E-state index in [-0.39, 0.29) is 0 Å². The quantitative estimate of drug-likeness (QED) is 0.626. The molecule has 80 valence electrons. The highest BCUT2D eigenvalue weighted by Gasteiger charge is 2.27. The van der Waals surface area contributed by atoms with Crippen molar-refractivity contribution in [3.63, 3.8) is 0 Å². The lowest BCUT2D eigenvalue weighted by atomic mass is 9.99. The fourth-order valence-electron chi connectivity index (χ4n) is 2.86. The summed E-state index contributed by atoms with van der Waals surface area (Å²) < 4.78 is 0. The first-order chi connectivity index (χ1) is 7.02. The van der Waals surface area contributed by atoms with Gasteiger partial charge in [-0.05, 0) is 48.6 Å². The molecule has 1 aromatic rings. The van der Waals surface area contributed by atoms with E-state index in [0.29, 0.717) is 0 Å². The van der Waals surface area contributed by atoms with Crippen molar-refractivity contribution in [3.8, 4) is 0 Å². The van der Waals surface area contributed by atoms with Crippen molar-refractivity contribution >= 4 is 14.9 Å².